The average molecular weight is 298 g/mol. The Labute approximate surface area is 124 Å². The molecule has 3 aromatic rings. The van der Waals surface area contributed by atoms with Crippen molar-refractivity contribution in [3.05, 3.63) is 59.9 Å². The lowest BCUT2D eigenvalue weighted by molar-refractivity contribution is 0.0694. The van der Waals surface area contributed by atoms with Gasteiger partial charge in [0.05, 0.1) is 11.4 Å². The molecule has 1 aromatic heterocycles. The second kappa shape index (κ2) is 5.33. The molecular formula is C16H11FN2O3. The highest BCUT2D eigenvalue weighted by molar-refractivity contribution is 5.92. The normalized spacial score (nSPS) is 10.6. The molecular weight excluding hydrogens is 287 g/mol. The van der Waals surface area contributed by atoms with Crippen LogP contribution >= 0.6 is 0 Å². The van der Waals surface area contributed by atoms with E-state index in [2.05, 4.69) is 10.2 Å². The number of carboxylic acid groups (broad SMARTS) is 1. The number of nitrogens with one attached hydrogen (secondary N) is 1. The van der Waals surface area contributed by atoms with Gasteiger partial charge in [-0.15, -0.1) is 0 Å². The van der Waals surface area contributed by atoms with Crippen molar-refractivity contribution in [1.82, 2.24) is 10.2 Å². The summed E-state index contributed by atoms with van der Waals surface area (Å²) in [5.74, 6) is -1.93. The number of benzene rings is 2. The van der Waals surface area contributed by atoms with Crippen molar-refractivity contribution in [3.8, 4) is 28.3 Å². The Morgan fingerprint density at radius 1 is 1.14 bits per heavy atom. The lowest BCUT2D eigenvalue weighted by atomic mass is 10.1. The van der Waals surface area contributed by atoms with Gasteiger partial charge in [0, 0.05) is 11.1 Å². The zero-order chi connectivity index (χ0) is 15.7. The summed E-state index contributed by atoms with van der Waals surface area (Å²) in [5.41, 5.74) is 1.61. The van der Waals surface area contributed by atoms with E-state index in [1.807, 2.05) is 0 Å². The summed E-state index contributed by atoms with van der Waals surface area (Å²) in [6.07, 6.45) is 0. The summed E-state index contributed by atoms with van der Waals surface area (Å²) in [6, 6.07) is 12.0. The van der Waals surface area contributed by atoms with Gasteiger partial charge in [0.1, 0.15) is 17.1 Å². The van der Waals surface area contributed by atoms with E-state index in [1.165, 1.54) is 18.2 Å². The Kier molecular flexibility index (Phi) is 3.34. The summed E-state index contributed by atoms with van der Waals surface area (Å²) in [7, 11) is 0. The van der Waals surface area contributed by atoms with E-state index in [9.17, 15) is 14.3 Å². The van der Waals surface area contributed by atoms with Crippen LogP contribution < -0.4 is 0 Å². The zero-order valence-electron chi connectivity index (χ0n) is 11.2. The first kappa shape index (κ1) is 13.8. The number of carboxylic acids is 1. The molecule has 0 spiro atoms. The third kappa shape index (κ3) is 2.42. The lowest BCUT2D eigenvalue weighted by Crippen LogP contribution is -1.97. The van der Waals surface area contributed by atoms with Crippen molar-refractivity contribution in [2.45, 2.75) is 0 Å². The lowest BCUT2D eigenvalue weighted by Gasteiger charge is -2.02. The monoisotopic (exact) mass is 298 g/mol. The molecule has 1 heterocycles. The van der Waals surface area contributed by atoms with Crippen LogP contribution in [0.5, 0.6) is 5.75 Å². The molecule has 0 aliphatic heterocycles. The number of hydrogen-bond acceptors (Lipinski definition) is 3. The van der Waals surface area contributed by atoms with Crippen LogP contribution in [-0.4, -0.2) is 26.4 Å². The summed E-state index contributed by atoms with van der Waals surface area (Å²) >= 11 is 0. The van der Waals surface area contributed by atoms with Crippen molar-refractivity contribution in [3.63, 3.8) is 0 Å². The molecule has 0 fully saturated rings. The van der Waals surface area contributed by atoms with E-state index < -0.39 is 5.97 Å². The first-order valence-electron chi connectivity index (χ1n) is 6.43. The minimum absolute atomic E-state index is 0.215. The van der Waals surface area contributed by atoms with E-state index in [1.54, 1.807) is 30.3 Å². The van der Waals surface area contributed by atoms with Gasteiger partial charge >= 0.3 is 5.97 Å². The molecule has 0 radical (unpaired) electrons. The number of nitrogens with zero attached hydrogens (tertiary/aromatic N) is 1. The molecule has 5 nitrogen and oxygen atoms in total. The number of halogens is 1. The van der Waals surface area contributed by atoms with Crippen molar-refractivity contribution >= 4 is 5.97 Å². The topological polar surface area (TPSA) is 86.2 Å². The van der Waals surface area contributed by atoms with Gasteiger partial charge in [-0.1, -0.05) is 12.1 Å². The van der Waals surface area contributed by atoms with E-state index in [0.29, 0.717) is 22.5 Å². The summed E-state index contributed by atoms with van der Waals surface area (Å²) in [6.45, 7) is 0. The summed E-state index contributed by atoms with van der Waals surface area (Å²) in [5, 5.41) is 25.3. The number of aromatic carboxylic acids is 1. The van der Waals surface area contributed by atoms with E-state index >= 15 is 0 Å². The number of rotatable bonds is 3. The maximum Gasteiger partial charge on any atom is 0.339 e. The Morgan fingerprint density at radius 3 is 2.64 bits per heavy atom. The van der Waals surface area contributed by atoms with E-state index in [4.69, 9.17) is 5.11 Å². The van der Waals surface area contributed by atoms with E-state index in [-0.39, 0.29) is 17.1 Å². The molecule has 22 heavy (non-hydrogen) atoms. The number of H-pyrrole nitrogens is 1. The fourth-order valence-electron chi connectivity index (χ4n) is 2.15. The Morgan fingerprint density at radius 2 is 1.91 bits per heavy atom. The van der Waals surface area contributed by atoms with Crippen LogP contribution in [-0.2, 0) is 0 Å². The number of hydrogen-bond donors (Lipinski definition) is 3. The largest absolute Gasteiger partial charge is 0.507 e. The van der Waals surface area contributed by atoms with Gasteiger partial charge in [0.15, 0.2) is 0 Å². The van der Waals surface area contributed by atoms with Crippen LogP contribution in [0.1, 0.15) is 10.4 Å². The van der Waals surface area contributed by atoms with Crippen LogP contribution in [0.15, 0.2) is 48.5 Å². The number of aromatic hydroxyl groups is 1. The first-order valence-corrected chi connectivity index (χ1v) is 6.43. The van der Waals surface area contributed by atoms with Crippen LogP contribution in [0.4, 0.5) is 4.39 Å². The quantitative estimate of drug-likeness (QED) is 0.692. The Bertz CT molecular complexity index is 858. The fourth-order valence-corrected chi connectivity index (χ4v) is 2.15. The van der Waals surface area contributed by atoms with Gasteiger partial charge in [-0.25, -0.2) is 9.18 Å². The molecule has 0 saturated carbocycles. The molecule has 0 unspecified atom stereocenters. The van der Waals surface area contributed by atoms with Crippen LogP contribution in [0.3, 0.4) is 0 Å². The smallest absolute Gasteiger partial charge is 0.339 e. The second-order valence-corrected chi connectivity index (χ2v) is 4.68. The third-order valence-corrected chi connectivity index (χ3v) is 3.26. The predicted octanol–water partition coefficient (Wildman–Crippen LogP) is 3.29. The summed E-state index contributed by atoms with van der Waals surface area (Å²) in [4.78, 5) is 11.0. The highest BCUT2D eigenvalue weighted by atomic mass is 19.1. The molecule has 110 valence electrons. The molecule has 6 heteroatoms. The minimum atomic E-state index is -1.23. The number of carbonyl (C=O) groups is 1. The molecule has 3 N–H and O–H groups in total. The van der Waals surface area contributed by atoms with Crippen LogP contribution in [0, 0.1) is 5.82 Å². The van der Waals surface area contributed by atoms with Crippen molar-refractivity contribution in [1.29, 1.82) is 0 Å². The molecule has 0 aliphatic carbocycles. The molecule has 0 saturated heterocycles. The van der Waals surface area contributed by atoms with Crippen molar-refractivity contribution < 1.29 is 19.4 Å². The Hall–Kier alpha value is -3.15. The Balaban J connectivity index is 2.03. The second-order valence-electron chi connectivity index (χ2n) is 4.68. The maximum absolute atomic E-state index is 13.8. The third-order valence-electron chi connectivity index (χ3n) is 3.26. The average Bonchev–Trinajstić information content (AvgIpc) is 2.97. The highest BCUT2D eigenvalue weighted by Gasteiger charge is 2.14. The molecule has 0 amide bonds. The number of aromatic nitrogens is 2. The van der Waals surface area contributed by atoms with Gasteiger partial charge in [0.25, 0.3) is 0 Å². The summed E-state index contributed by atoms with van der Waals surface area (Å²) < 4.78 is 13.8. The van der Waals surface area contributed by atoms with Gasteiger partial charge in [-0.2, -0.15) is 5.10 Å². The highest BCUT2D eigenvalue weighted by Crippen LogP contribution is 2.28. The molecule has 0 aliphatic rings. The van der Waals surface area contributed by atoms with Gasteiger partial charge in [0.2, 0.25) is 0 Å². The van der Waals surface area contributed by atoms with Crippen molar-refractivity contribution in [2.24, 2.45) is 0 Å². The van der Waals surface area contributed by atoms with Crippen LogP contribution in [0.2, 0.25) is 0 Å². The SMILES string of the molecule is O=C(O)c1cc(-c2cc(-c3ccccc3F)[nH]n2)ccc1O. The predicted molar refractivity (Wildman–Crippen MR) is 78.0 cm³/mol. The van der Waals surface area contributed by atoms with Gasteiger partial charge in [-0.3, -0.25) is 5.10 Å². The molecule has 2 aromatic carbocycles. The zero-order valence-corrected chi connectivity index (χ0v) is 11.2. The maximum atomic E-state index is 13.8. The molecule has 0 atom stereocenters. The van der Waals surface area contributed by atoms with E-state index in [0.717, 1.165) is 0 Å². The fraction of sp³-hybridized carbons (Fsp3) is 0. The molecule has 0 bridgehead atoms. The number of aromatic amines is 1. The molecule has 3 rings (SSSR count). The standard InChI is InChI=1S/C16H11FN2O3/c17-12-4-2-1-3-10(12)14-8-13(18-19-14)9-5-6-15(20)11(7-9)16(21)22/h1-8,20H,(H,18,19)(H,21,22). The first-order chi connectivity index (χ1) is 10.6. The van der Waals surface area contributed by atoms with Crippen LogP contribution in [0.25, 0.3) is 22.5 Å². The number of phenols is 1. The minimum Gasteiger partial charge on any atom is -0.507 e. The van der Waals surface area contributed by atoms with Gasteiger partial charge < -0.3 is 10.2 Å². The van der Waals surface area contributed by atoms with Gasteiger partial charge in [-0.05, 0) is 36.4 Å². The van der Waals surface area contributed by atoms with Crippen molar-refractivity contribution in [2.75, 3.05) is 0 Å².